The Balaban J connectivity index is 1.67. The normalized spacial score (nSPS) is 20.4. The molecule has 0 radical (unpaired) electrons. The maximum absolute atomic E-state index is 5.17. The predicted molar refractivity (Wildman–Crippen MR) is 76.3 cm³/mol. The highest BCUT2D eigenvalue weighted by Gasteiger charge is 2.24. The standard InChI is InChI=1S/C15H22N4O/c1-12-8-16-19(9-12)11-15-5-3-4-6-18(15)10-14-7-13(2)20-17-14/h7-9,15H,3-6,10-11H2,1-2H3/t15-/m0/s1. The van der Waals surface area contributed by atoms with E-state index in [0.29, 0.717) is 6.04 Å². The molecule has 108 valence electrons. The quantitative estimate of drug-likeness (QED) is 0.859. The highest BCUT2D eigenvalue weighted by molar-refractivity contribution is 5.04. The van der Waals surface area contributed by atoms with Crippen LogP contribution in [0.3, 0.4) is 0 Å². The van der Waals surface area contributed by atoms with E-state index in [-0.39, 0.29) is 0 Å². The zero-order valence-electron chi connectivity index (χ0n) is 12.2. The number of aryl methyl sites for hydroxylation is 2. The summed E-state index contributed by atoms with van der Waals surface area (Å²) in [6.07, 6.45) is 7.85. The van der Waals surface area contributed by atoms with Crippen LogP contribution in [0.15, 0.2) is 23.0 Å². The summed E-state index contributed by atoms with van der Waals surface area (Å²) in [5, 5.41) is 8.53. The number of aromatic nitrogens is 3. The summed E-state index contributed by atoms with van der Waals surface area (Å²) in [6, 6.07) is 2.57. The Labute approximate surface area is 119 Å². The minimum atomic E-state index is 0.542. The predicted octanol–water partition coefficient (Wildman–Crippen LogP) is 2.54. The summed E-state index contributed by atoms with van der Waals surface area (Å²) in [5.41, 5.74) is 2.26. The van der Waals surface area contributed by atoms with E-state index >= 15 is 0 Å². The molecule has 20 heavy (non-hydrogen) atoms. The third-order valence-corrected chi connectivity index (χ3v) is 3.95. The van der Waals surface area contributed by atoms with Crippen LogP contribution in [-0.2, 0) is 13.1 Å². The third-order valence-electron chi connectivity index (χ3n) is 3.95. The van der Waals surface area contributed by atoms with E-state index in [4.69, 9.17) is 4.52 Å². The molecular weight excluding hydrogens is 252 g/mol. The number of hydrogen-bond acceptors (Lipinski definition) is 4. The second-order valence-electron chi connectivity index (χ2n) is 5.79. The molecule has 0 amide bonds. The van der Waals surface area contributed by atoms with Gasteiger partial charge in [-0.05, 0) is 38.8 Å². The van der Waals surface area contributed by atoms with Crippen molar-refractivity contribution in [2.45, 2.75) is 52.2 Å². The smallest absolute Gasteiger partial charge is 0.133 e. The molecule has 0 N–H and O–H groups in total. The van der Waals surface area contributed by atoms with Crippen molar-refractivity contribution in [3.8, 4) is 0 Å². The Morgan fingerprint density at radius 2 is 2.25 bits per heavy atom. The monoisotopic (exact) mass is 274 g/mol. The van der Waals surface area contributed by atoms with Crippen LogP contribution in [0.4, 0.5) is 0 Å². The van der Waals surface area contributed by atoms with Crippen LogP contribution in [0.2, 0.25) is 0 Å². The number of piperidine rings is 1. The van der Waals surface area contributed by atoms with E-state index in [1.165, 1.54) is 24.8 Å². The van der Waals surface area contributed by atoms with Crippen LogP contribution < -0.4 is 0 Å². The Morgan fingerprint density at radius 3 is 2.95 bits per heavy atom. The summed E-state index contributed by atoms with van der Waals surface area (Å²) in [7, 11) is 0. The zero-order chi connectivity index (χ0) is 13.9. The maximum atomic E-state index is 5.17. The lowest BCUT2D eigenvalue weighted by Gasteiger charge is -2.35. The molecule has 5 nitrogen and oxygen atoms in total. The van der Waals surface area contributed by atoms with E-state index in [1.54, 1.807) is 0 Å². The van der Waals surface area contributed by atoms with E-state index in [2.05, 4.69) is 33.0 Å². The first-order valence-corrected chi connectivity index (χ1v) is 7.36. The highest BCUT2D eigenvalue weighted by atomic mass is 16.5. The fourth-order valence-corrected chi connectivity index (χ4v) is 2.96. The lowest BCUT2D eigenvalue weighted by Crippen LogP contribution is -2.41. The van der Waals surface area contributed by atoms with Gasteiger partial charge in [0.25, 0.3) is 0 Å². The molecule has 0 bridgehead atoms. The molecule has 0 unspecified atom stereocenters. The van der Waals surface area contributed by atoms with Gasteiger partial charge >= 0.3 is 0 Å². The lowest BCUT2D eigenvalue weighted by atomic mass is 10.0. The summed E-state index contributed by atoms with van der Waals surface area (Å²) in [5.74, 6) is 0.885. The van der Waals surface area contributed by atoms with Crippen molar-refractivity contribution in [1.29, 1.82) is 0 Å². The molecule has 0 saturated carbocycles. The van der Waals surface area contributed by atoms with Crippen molar-refractivity contribution in [3.05, 3.63) is 35.5 Å². The number of nitrogens with zero attached hydrogens (tertiary/aromatic N) is 4. The third kappa shape index (κ3) is 3.10. The number of hydrogen-bond donors (Lipinski definition) is 0. The van der Waals surface area contributed by atoms with Gasteiger partial charge in [0.2, 0.25) is 0 Å². The van der Waals surface area contributed by atoms with Crippen LogP contribution >= 0.6 is 0 Å². The molecule has 1 saturated heterocycles. The minimum Gasteiger partial charge on any atom is -0.361 e. The first-order chi connectivity index (χ1) is 9.70. The Morgan fingerprint density at radius 1 is 1.35 bits per heavy atom. The Bertz CT molecular complexity index is 509. The molecule has 3 rings (SSSR count). The fourth-order valence-electron chi connectivity index (χ4n) is 2.96. The van der Waals surface area contributed by atoms with Crippen LogP contribution in [-0.4, -0.2) is 32.4 Å². The number of likely N-dealkylation sites (tertiary alicyclic amines) is 1. The van der Waals surface area contributed by atoms with Gasteiger partial charge < -0.3 is 4.52 Å². The van der Waals surface area contributed by atoms with Crippen LogP contribution in [0.25, 0.3) is 0 Å². The maximum Gasteiger partial charge on any atom is 0.133 e. The Hall–Kier alpha value is -1.62. The van der Waals surface area contributed by atoms with Gasteiger partial charge in [0.15, 0.2) is 0 Å². The van der Waals surface area contributed by atoms with Crippen molar-refractivity contribution < 1.29 is 4.52 Å². The number of rotatable bonds is 4. The molecule has 0 aliphatic carbocycles. The van der Waals surface area contributed by atoms with Gasteiger partial charge in [-0.1, -0.05) is 11.6 Å². The summed E-state index contributed by atoms with van der Waals surface area (Å²) in [4.78, 5) is 2.51. The molecule has 1 aliphatic rings. The minimum absolute atomic E-state index is 0.542. The summed E-state index contributed by atoms with van der Waals surface area (Å²) >= 11 is 0. The van der Waals surface area contributed by atoms with Crippen LogP contribution in [0, 0.1) is 13.8 Å². The van der Waals surface area contributed by atoms with Crippen LogP contribution in [0.5, 0.6) is 0 Å². The van der Waals surface area contributed by atoms with E-state index in [0.717, 1.165) is 31.1 Å². The van der Waals surface area contributed by atoms with Crippen molar-refractivity contribution in [3.63, 3.8) is 0 Å². The van der Waals surface area contributed by atoms with E-state index in [1.807, 2.05) is 19.2 Å². The van der Waals surface area contributed by atoms with Crippen molar-refractivity contribution in [2.24, 2.45) is 0 Å². The molecule has 3 heterocycles. The zero-order valence-corrected chi connectivity index (χ0v) is 12.2. The summed E-state index contributed by atoms with van der Waals surface area (Å²) in [6.45, 7) is 7.00. The van der Waals surface area contributed by atoms with Crippen LogP contribution in [0.1, 0.15) is 36.3 Å². The van der Waals surface area contributed by atoms with Gasteiger partial charge in [-0.2, -0.15) is 5.10 Å². The van der Waals surface area contributed by atoms with Crippen molar-refractivity contribution in [2.75, 3.05) is 6.54 Å². The SMILES string of the molecule is Cc1cnn(C[C@@H]2CCCCN2Cc2cc(C)on2)c1. The van der Waals surface area contributed by atoms with Crippen molar-refractivity contribution in [1.82, 2.24) is 19.8 Å². The first-order valence-electron chi connectivity index (χ1n) is 7.36. The Kier molecular flexibility index (Phi) is 3.87. The van der Waals surface area contributed by atoms with Crippen molar-refractivity contribution >= 4 is 0 Å². The molecule has 2 aromatic rings. The van der Waals surface area contributed by atoms with Gasteiger partial charge in [0.1, 0.15) is 5.76 Å². The lowest BCUT2D eigenvalue weighted by molar-refractivity contribution is 0.119. The highest BCUT2D eigenvalue weighted by Crippen LogP contribution is 2.21. The average Bonchev–Trinajstić information content (AvgIpc) is 3.01. The van der Waals surface area contributed by atoms with Gasteiger partial charge in [-0.15, -0.1) is 0 Å². The largest absolute Gasteiger partial charge is 0.361 e. The molecule has 1 fully saturated rings. The second-order valence-corrected chi connectivity index (χ2v) is 5.79. The molecule has 0 spiro atoms. The topological polar surface area (TPSA) is 47.1 Å². The molecule has 0 aromatic carbocycles. The van der Waals surface area contributed by atoms with Gasteiger partial charge in [0, 0.05) is 24.8 Å². The van der Waals surface area contributed by atoms with E-state index in [9.17, 15) is 0 Å². The molecule has 5 heteroatoms. The molecule has 1 aliphatic heterocycles. The molecule has 2 aromatic heterocycles. The van der Waals surface area contributed by atoms with Gasteiger partial charge in [0.05, 0.1) is 18.4 Å². The summed E-state index contributed by atoms with van der Waals surface area (Å²) < 4.78 is 7.23. The second kappa shape index (κ2) is 5.79. The van der Waals surface area contributed by atoms with E-state index < -0.39 is 0 Å². The first kappa shape index (κ1) is 13.4. The van der Waals surface area contributed by atoms with Gasteiger partial charge in [-0.3, -0.25) is 9.58 Å². The van der Waals surface area contributed by atoms with Gasteiger partial charge in [-0.25, -0.2) is 0 Å². The average molecular weight is 274 g/mol. The fraction of sp³-hybridized carbons (Fsp3) is 0.600. The molecular formula is C15H22N4O. The molecule has 1 atom stereocenters.